The minimum atomic E-state index is -0.117. The van der Waals surface area contributed by atoms with Gasteiger partial charge in [0.15, 0.2) is 0 Å². The summed E-state index contributed by atoms with van der Waals surface area (Å²) in [6, 6.07) is 5.61. The van der Waals surface area contributed by atoms with Crippen molar-refractivity contribution in [2.45, 2.75) is 25.9 Å². The molecule has 1 aromatic carbocycles. The van der Waals surface area contributed by atoms with E-state index in [1.165, 1.54) is 0 Å². The summed E-state index contributed by atoms with van der Waals surface area (Å²) in [6.07, 6.45) is 4.62. The second-order valence-corrected chi connectivity index (χ2v) is 4.66. The molecule has 0 saturated heterocycles. The molecule has 0 amide bonds. The van der Waals surface area contributed by atoms with E-state index in [0.717, 1.165) is 35.6 Å². The smallest absolute Gasteiger partial charge is 0.122 e. The highest BCUT2D eigenvalue weighted by atomic mass is 16.5. The number of hydrogen-bond donors (Lipinski definition) is 1. The van der Waals surface area contributed by atoms with E-state index in [1.54, 1.807) is 14.2 Å². The van der Waals surface area contributed by atoms with Crippen LogP contribution >= 0.6 is 0 Å². The Morgan fingerprint density at radius 2 is 1.85 bits per heavy atom. The van der Waals surface area contributed by atoms with Crippen LogP contribution in [0.3, 0.4) is 0 Å². The Labute approximate surface area is 119 Å². The van der Waals surface area contributed by atoms with E-state index >= 15 is 0 Å². The molecule has 108 valence electrons. The fourth-order valence-corrected chi connectivity index (χ4v) is 2.10. The van der Waals surface area contributed by atoms with Gasteiger partial charge in [0.05, 0.1) is 20.4 Å². The predicted octanol–water partition coefficient (Wildman–Crippen LogP) is 2.16. The van der Waals surface area contributed by atoms with Gasteiger partial charge in [0.2, 0.25) is 0 Å². The van der Waals surface area contributed by atoms with Crippen molar-refractivity contribution in [3.05, 3.63) is 41.7 Å². The van der Waals surface area contributed by atoms with Gasteiger partial charge in [-0.15, -0.1) is 0 Å². The highest BCUT2D eigenvalue weighted by Gasteiger charge is 2.11. The Morgan fingerprint density at radius 3 is 2.35 bits per heavy atom. The molecule has 1 heterocycles. The number of ether oxygens (including phenoxy) is 2. The van der Waals surface area contributed by atoms with Crippen LogP contribution in [0.25, 0.3) is 0 Å². The molecule has 20 heavy (non-hydrogen) atoms. The molecule has 0 bridgehead atoms. The van der Waals surface area contributed by atoms with E-state index in [-0.39, 0.29) is 6.04 Å². The molecule has 0 aliphatic rings. The number of nitrogens with zero attached hydrogens (tertiary/aromatic N) is 2. The summed E-state index contributed by atoms with van der Waals surface area (Å²) in [6.45, 7) is 2.92. The molecule has 0 fully saturated rings. The Hall–Kier alpha value is -2.01. The summed E-state index contributed by atoms with van der Waals surface area (Å²) in [5, 5.41) is 4.26. The van der Waals surface area contributed by atoms with Gasteiger partial charge in [0.1, 0.15) is 11.5 Å². The average molecular weight is 275 g/mol. The zero-order chi connectivity index (χ0) is 14.5. The third kappa shape index (κ3) is 3.30. The molecule has 5 heteroatoms. The normalized spacial score (nSPS) is 12.2. The molecule has 0 aliphatic heterocycles. The molecule has 1 atom stereocenters. The van der Waals surface area contributed by atoms with Crippen molar-refractivity contribution in [3.8, 4) is 11.5 Å². The highest BCUT2D eigenvalue weighted by molar-refractivity contribution is 5.40. The van der Waals surface area contributed by atoms with Crippen molar-refractivity contribution in [3.63, 3.8) is 0 Å². The molecule has 2 rings (SSSR count). The standard InChI is InChI=1S/C15H21N3O2/c1-4-18-10-11(9-17-18)5-15(16)12-6-13(19-2)8-14(7-12)20-3/h6-10,15H,4-5,16H2,1-3H3. The minimum Gasteiger partial charge on any atom is -0.497 e. The van der Waals surface area contributed by atoms with Crippen molar-refractivity contribution in [2.75, 3.05) is 14.2 Å². The zero-order valence-corrected chi connectivity index (χ0v) is 12.2. The number of rotatable bonds is 6. The van der Waals surface area contributed by atoms with Gasteiger partial charge in [0, 0.05) is 24.8 Å². The van der Waals surface area contributed by atoms with Crippen LogP contribution in [-0.2, 0) is 13.0 Å². The second-order valence-electron chi connectivity index (χ2n) is 4.66. The molecule has 0 saturated carbocycles. The Balaban J connectivity index is 2.17. The molecule has 0 spiro atoms. The molecule has 5 nitrogen and oxygen atoms in total. The number of hydrogen-bond acceptors (Lipinski definition) is 4. The summed E-state index contributed by atoms with van der Waals surface area (Å²) in [4.78, 5) is 0. The van der Waals surface area contributed by atoms with Gasteiger partial charge in [-0.1, -0.05) is 0 Å². The Bertz CT molecular complexity index is 544. The Kier molecular flexibility index (Phi) is 4.63. The minimum absolute atomic E-state index is 0.117. The fraction of sp³-hybridized carbons (Fsp3) is 0.400. The van der Waals surface area contributed by atoms with Crippen LogP contribution < -0.4 is 15.2 Å². The molecular formula is C15H21N3O2. The van der Waals surface area contributed by atoms with E-state index < -0.39 is 0 Å². The van der Waals surface area contributed by atoms with Gasteiger partial charge in [-0.3, -0.25) is 4.68 Å². The van der Waals surface area contributed by atoms with Crippen LogP contribution in [0.5, 0.6) is 11.5 Å². The molecule has 2 aromatic rings. The van der Waals surface area contributed by atoms with Gasteiger partial charge >= 0.3 is 0 Å². The molecule has 1 unspecified atom stereocenters. The average Bonchev–Trinajstić information content (AvgIpc) is 2.94. The number of methoxy groups -OCH3 is 2. The van der Waals surface area contributed by atoms with Crippen LogP contribution in [0.1, 0.15) is 24.1 Å². The van der Waals surface area contributed by atoms with Gasteiger partial charge in [-0.05, 0) is 36.6 Å². The molecule has 1 aromatic heterocycles. The maximum Gasteiger partial charge on any atom is 0.122 e. The monoisotopic (exact) mass is 275 g/mol. The van der Waals surface area contributed by atoms with Crippen molar-refractivity contribution in [1.29, 1.82) is 0 Å². The predicted molar refractivity (Wildman–Crippen MR) is 78.1 cm³/mol. The van der Waals surface area contributed by atoms with Crippen molar-refractivity contribution in [1.82, 2.24) is 9.78 Å². The van der Waals surface area contributed by atoms with E-state index in [0.29, 0.717) is 0 Å². The van der Waals surface area contributed by atoms with Gasteiger partial charge in [-0.25, -0.2) is 0 Å². The van der Waals surface area contributed by atoms with Crippen molar-refractivity contribution >= 4 is 0 Å². The second kappa shape index (κ2) is 6.43. The van der Waals surface area contributed by atoms with E-state index in [4.69, 9.17) is 15.2 Å². The fourth-order valence-electron chi connectivity index (χ4n) is 2.10. The molecule has 2 N–H and O–H groups in total. The first-order valence-corrected chi connectivity index (χ1v) is 6.66. The van der Waals surface area contributed by atoms with Crippen LogP contribution in [0, 0.1) is 0 Å². The number of aryl methyl sites for hydroxylation is 1. The van der Waals surface area contributed by atoms with Gasteiger partial charge in [-0.2, -0.15) is 5.10 Å². The third-order valence-corrected chi connectivity index (χ3v) is 3.27. The van der Waals surface area contributed by atoms with Gasteiger partial charge < -0.3 is 15.2 Å². The van der Waals surface area contributed by atoms with E-state index in [1.807, 2.05) is 35.3 Å². The van der Waals surface area contributed by atoms with Crippen LogP contribution in [0.4, 0.5) is 0 Å². The van der Waals surface area contributed by atoms with Crippen LogP contribution in [0.2, 0.25) is 0 Å². The highest BCUT2D eigenvalue weighted by Crippen LogP contribution is 2.27. The van der Waals surface area contributed by atoms with Crippen LogP contribution in [0.15, 0.2) is 30.6 Å². The molecule has 0 radical (unpaired) electrons. The first kappa shape index (κ1) is 14.4. The van der Waals surface area contributed by atoms with E-state index in [2.05, 4.69) is 12.0 Å². The zero-order valence-electron chi connectivity index (χ0n) is 12.2. The number of aromatic nitrogens is 2. The van der Waals surface area contributed by atoms with Gasteiger partial charge in [0.25, 0.3) is 0 Å². The quantitative estimate of drug-likeness (QED) is 0.877. The topological polar surface area (TPSA) is 62.3 Å². The summed E-state index contributed by atoms with van der Waals surface area (Å²) in [5.74, 6) is 1.50. The SMILES string of the molecule is CCn1cc(CC(N)c2cc(OC)cc(OC)c2)cn1. The first-order valence-electron chi connectivity index (χ1n) is 6.66. The summed E-state index contributed by atoms with van der Waals surface area (Å²) >= 11 is 0. The third-order valence-electron chi connectivity index (χ3n) is 3.27. The lowest BCUT2D eigenvalue weighted by atomic mass is 10.0. The molecule has 0 aliphatic carbocycles. The van der Waals surface area contributed by atoms with E-state index in [9.17, 15) is 0 Å². The lowest BCUT2D eigenvalue weighted by Gasteiger charge is -2.14. The Morgan fingerprint density at radius 1 is 1.20 bits per heavy atom. The number of nitrogens with two attached hydrogens (primary N) is 1. The maximum atomic E-state index is 6.28. The largest absolute Gasteiger partial charge is 0.497 e. The summed E-state index contributed by atoms with van der Waals surface area (Å²) < 4.78 is 12.4. The molecular weight excluding hydrogens is 254 g/mol. The van der Waals surface area contributed by atoms with Crippen LogP contribution in [-0.4, -0.2) is 24.0 Å². The lowest BCUT2D eigenvalue weighted by Crippen LogP contribution is -2.13. The number of benzene rings is 1. The maximum absolute atomic E-state index is 6.28. The first-order chi connectivity index (χ1) is 9.66. The lowest BCUT2D eigenvalue weighted by molar-refractivity contribution is 0.392. The van der Waals surface area contributed by atoms with Crippen molar-refractivity contribution in [2.24, 2.45) is 5.73 Å². The van der Waals surface area contributed by atoms with Crippen molar-refractivity contribution < 1.29 is 9.47 Å². The summed E-state index contributed by atoms with van der Waals surface area (Å²) in [5.41, 5.74) is 8.39. The summed E-state index contributed by atoms with van der Waals surface area (Å²) in [7, 11) is 3.27.